The van der Waals surface area contributed by atoms with Crippen LogP contribution in [0.25, 0.3) is 0 Å². The van der Waals surface area contributed by atoms with Gasteiger partial charge in [0.2, 0.25) is 0 Å². The van der Waals surface area contributed by atoms with E-state index in [1.54, 1.807) is 0 Å². The molecule has 0 aromatic rings. The highest BCUT2D eigenvalue weighted by molar-refractivity contribution is 7.80. The molecule has 1 saturated carbocycles. The number of piperidine rings is 1. The van der Waals surface area contributed by atoms with Gasteiger partial charge in [0.05, 0.1) is 5.60 Å². The average Bonchev–Trinajstić information content (AvgIpc) is 2.58. The number of thiol groups is 1. The summed E-state index contributed by atoms with van der Waals surface area (Å²) in [7, 11) is 0. The fourth-order valence-electron chi connectivity index (χ4n) is 3.51. The number of hydrogen-bond acceptors (Lipinski definition) is 3. The fraction of sp³-hybridized carbons (Fsp3) is 1.00. The zero-order valence-corrected chi connectivity index (χ0v) is 12.7. The Balaban J connectivity index is 1.90. The van der Waals surface area contributed by atoms with Crippen LogP contribution in [0.5, 0.6) is 0 Å². The minimum atomic E-state index is -0.423. The predicted molar refractivity (Wildman–Crippen MR) is 80.3 cm³/mol. The number of aliphatic hydroxyl groups is 1. The Bertz CT molecular complexity index is 249. The molecule has 1 saturated heterocycles. The molecule has 1 aliphatic heterocycles. The van der Waals surface area contributed by atoms with Crippen LogP contribution in [0, 0.1) is 5.41 Å². The SMILES string of the molecule is CC1(O)CCN(CC2(CS)CCCCCC2)CC1. The van der Waals surface area contributed by atoms with Crippen LogP contribution in [0.4, 0.5) is 0 Å². The smallest absolute Gasteiger partial charge is 0.0644 e. The molecule has 2 nitrogen and oxygen atoms in total. The second-order valence-corrected chi connectivity index (χ2v) is 7.16. The van der Waals surface area contributed by atoms with E-state index in [0.29, 0.717) is 5.41 Å². The molecule has 2 aliphatic rings. The average molecular weight is 271 g/mol. The lowest BCUT2D eigenvalue weighted by atomic mass is 9.80. The molecule has 2 rings (SSSR count). The predicted octanol–water partition coefficient (Wildman–Crippen LogP) is 3.10. The van der Waals surface area contributed by atoms with E-state index in [9.17, 15) is 5.11 Å². The maximum atomic E-state index is 10.0. The molecule has 0 atom stereocenters. The lowest BCUT2D eigenvalue weighted by Crippen LogP contribution is -2.47. The molecule has 1 aliphatic carbocycles. The Morgan fingerprint density at radius 1 is 1.00 bits per heavy atom. The molecule has 0 aromatic carbocycles. The number of rotatable bonds is 3. The molecule has 1 heterocycles. The molecule has 106 valence electrons. The largest absolute Gasteiger partial charge is 0.390 e. The molecule has 0 aromatic heterocycles. The van der Waals surface area contributed by atoms with Gasteiger partial charge in [-0.1, -0.05) is 25.7 Å². The van der Waals surface area contributed by atoms with Gasteiger partial charge in [0.15, 0.2) is 0 Å². The number of likely N-dealkylation sites (tertiary alicyclic amines) is 1. The maximum Gasteiger partial charge on any atom is 0.0644 e. The Morgan fingerprint density at radius 3 is 2.06 bits per heavy atom. The lowest BCUT2D eigenvalue weighted by molar-refractivity contribution is -0.0154. The lowest BCUT2D eigenvalue weighted by Gasteiger charge is -2.42. The van der Waals surface area contributed by atoms with Gasteiger partial charge in [0, 0.05) is 19.6 Å². The zero-order chi connectivity index (χ0) is 13.1. The van der Waals surface area contributed by atoms with Crippen molar-refractivity contribution in [2.75, 3.05) is 25.4 Å². The van der Waals surface area contributed by atoms with Crippen LogP contribution in [0.15, 0.2) is 0 Å². The van der Waals surface area contributed by atoms with E-state index in [-0.39, 0.29) is 0 Å². The zero-order valence-electron chi connectivity index (χ0n) is 11.8. The van der Waals surface area contributed by atoms with E-state index in [2.05, 4.69) is 17.5 Å². The van der Waals surface area contributed by atoms with Crippen molar-refractivity contribution in [1.82, 2.24) is 4.90 Å². The molecule has 0 spiro atoms. The monoisotopic (exact) mass is 271 g/mol. The third-order valence-corrected chi connectivity index (χ3v) is 5.66. The topological polar surface area (TPSA) is 23.5 Å². The summed E-state index contributed by atoms with van der Waals surface area (Å²) >= 11 is 4.65. The van der Waals surface area contributed by atoms with Gasteiger partial charge in [0.1, 0.15) is 0 Å². The summed E-state index contributed by atoms with van der Waals surface area (Å²) in [4.78, 5) is 2.57. The van der Waals surface area contributed by atoms with Crippen LogP contribution < -0.4 is 0 Å². The van der Waals surface area contributed by atoms with Crippen molar-refractivity contribution in [3.05, 3.63) is 0 Å². The van der Waals surface area contributed by atoms with Gasteiger partial charge in [0.25, 0.3) is 0 Å². The van der Waals surface area contributed by atoms with E-state index in [0.717, 1.165) is 31.7 Å². The fourth-order valence-corrected chi connectivity index (χ4v) is 3.93. The first kappa shape index (κ1) is 14.7. The summed E-state index contributed by atoms with van der Waals surface area (Å²) in [5.74, 6) is 1.03. The van der Waals surface area contributed by atoms with E-state index in [1.807, 2.05) is 6.92 Å². The van der Waals surface area contributed by atoms with E-state index in [4.69, 9.17) is 0 Å². The molecule has 18 heavy (non-hydrogen) atoms. The summed E-state index contributed by atoms with van der Waals surface area (Å²) in [5.41, 5.74) is 0.0247. The molecule has 2 fully saturated rings. The number of hydrogen-bond donors (Lipinski definition) is 2. The second kappa shape index (κ2) is 6.15. The van der Waals surface area contributed by atoms with Crippen LogP contribution in [0.3, 0.4) is 0 Å². The van der Waals surface area contributed by atoms with Crippen LogP contribution in [0.1, 0.15) is 58.3 Å². The minimum absolute atomic E-state index is 0.423. The Hall–Kier alpha value is 0.270. The molecule has 3 heteroatoms. The third-order valence-electron chi connectivity index (χ3n) is 4.99. The van der Waals surface area contributed by atoms with E-state index < -0.39 is 5.60 Å². The number of nitrogens with zero attached hydrogens (tertiary/aromatic N) is 1. The Kier molecular flexibility index (Phi) is 5.01. The first-order valence-electron chi connectivity index (χ1n) is 7.61. The van der Waals surface area contributed by atoms with Gasteiger partial charge in [-0.3, -0.25) is 0 Å². The second-order valence-electron chi connectivity index (χ2n) is 6.85. The quantitative estimate of drug-likeness (QED) is 0.609. The molecular formula is C15H29NOS. The van der Waals surface area contributed by atoms with Crippen LogP contribution >= 0.6 is 12.6 Å². The normalized spacial score (nSPS) is 28.8. The third kappa shape index (κ3) is 3.88. The maximum absolute atomic E-state index is 10.0. The van der Waals surface area contributed by atoms with E-state index >= 15 is 0 Å². The molecule has 0 amide bonds. The molecule has 0 bridgehead atoms. The van der Waals surface area contributed by atoms with Gasteiger partial charge in [-0.15, -0.1) is 0 Å². The van der Waals surface area contributed by atoms with Crippen LogP contribution in [-0.2, 0) is 0 Å². The molecular weight excluding hydrogens is 242 g/mol. The van der Waals surface area contributed by atoms with Gasteiger partial charge in [-0.2, -0.15) is 12.6 Å². The Labute approximate surface area is 118 Å². The van der Waals surface area contributed by atoms with Crippen molar-refractivity contribution in [2.45, 2.75) is 63.9 Å². The first-order chi connectivity index (χ1) is 8.55. The first-order valence-corrected chi connectivity index (χ1v) is 8.24. The van der Waals surface area contributed by atoms with Crippen molar-refractivity contribution in [2.24, 2.45) is 5.41 Å². The molecule has 0 unspecified atom stereocenters. The summed E-state index contributed by atoms with van der Waals surface area (Å²) < 4.78 is 0. The summed E-state index contributed by atoms with van der Waals surface area (Å²) in [6.45, 7) is 5.29. The van der Waals surface area contributed by atoms with Gasteiger partial charge >= 0.3 is 0 Å². The van der Waals surface area contributed by atoms with Gasteiger partial charge in [-0.05, 0) is 43.8 Å². The highest BCUT2D eigenvalue weighted by atomic mass is 32.1. The van der Waals surface area contributed by atoms with Crippen molar-refractivity contribution in [3.8, 4) is 0 Å². The summed E-state index contributed by atoms with van der Waals surface area (Å²) in [6.07, 6.45) is 10.1. The molecule has 0 radical (unpaired) electrons. The minimum Gasteiger partial charge on any atom is -0.390 e. The standard InChI is InChI=1S/C15H29NOS/c1-14(17)8-10-16(11-9-14)12-15(13-18)6-4-2-3-5-7-15/h17-18H,2-13H2,1H3. The van der Waals surface area contributed by atoms with Crippen molar-refractivity contribution >= 4 is 12.6 Å². The highest BCUT2D eigenvalue weighted by Gasteiger charge is 2.34. The van der Waals surface area contributed by atoms with Crippen molar-refractivity contribution < 1.29 is 5.11 Å². The van der Waals surface area contributed by atoms with Crippen molar-refractivity contribution in [3.63, 3.8) is 0 Å². The summed E-state index contributed by atoms with van der Waals surface area (Å²) in [6, 6.07) is 0. The van der Waals surface area contributed by atoms with Crippen LogP contribution in [0.2, 0.25) is 0 Å². The molecule has 1 N–H and O–H groups in total. The van der Waals surface area contributed by atoms with Gasteiger partial charge in [-0.25, -0.2) is 0 Å². The highest BCUT2D eigenvalue weighted by Crippen LogP contribution is 2.37. The van der Waals surface area contributed by atoms with Crippen molar-refractivity contribution in [1.29, 1.82) is 0 Å². The van der Waals surface area contributed by atoms with Gasteiger partial charge < -0.3 is 10.0 Å². The summed E-state index contributed by atoms with van der Waals surface area (Å²) in [5, 5.41) is 10.0. The Morgan fingerprint density at radius 2 is 1.56 bits per heavy atom. The van der Waals surface area contributed by atoms with Crippen LogP contribution in [-0.4, -0.2) is 41.0 Å². The van der Waals surface area contributed by atoms with E-state index in [1.165, 1.54) is 45.1 Å².